The monoisotopic (exact) mass is 356 g/mol. The van der Waals surface area contributed by atoms with Crippen LogP contribution in [-0.4, -0.2) is 16.6 Å². The lowest BCUT2D eigenvalue weighted by Gasteiger charge is -2.30. The molecule has 5 nitrogen and oxygen atoms in total. The highest BCUT2D eigenvalue weighted by molar-refractivity contribution is 6.33. The van der Waals surface area contributed by atoms with Gasteiger partial charge in [0.25, 0.3) is 0 Å². The van der Waals surface area contributed by atoms with Gasteiger partial charge in [0.2, 0.25) is 0 Å². The van der Waals surface area contributed by atoms with Crippen LogP contribution >= 0.6 is 11.6 Å². The Kier molecular flexibility index (Phi) is 3.98. The number of hydrogen-bond acceptors (Lipinski definition) is 5. The van der Waals surface area contributed by atoms with E-state index in [4.69, 9.17) is 20.8 Å². The van der Waals surface area contributed by atoms with Gasteiger partial charge >= 0.3 is 5.63 Å². The SMILES string of the molecule is Cc1c(C)c2cc(Cl)c3c(c2oc1=O)CN(Cc1cccnc1)CO3. The number of benzene rings is 1. The predicted octanol–water partition coefficient (Wildman–Crippen LogP) is 3.81. The Balaban J connectivity index is 1.80. The molecule has 1 aliphatic heterocycles. The number of aryl methyl sites for hydroxylation is 1. The molecule has 2 aromatic heterocycles. The number of pyridine rings is 1. The van der Waals surface area contributed by atoms with Crippen LogP contribution in [0.5, 0.6) is 5.75 Å². The van der Waals surface area contributed by atoms with Crippen molar-refractivity contribution in [3.05, 3.63) is 68.3 Å². The summed E-state index contributed by atoms with van der Waals surface area (Å²) in [5.74, 6) is 0.600. The van der Waals surface area contributed by atoms with Crippen LogP contribution in [0.3, 0.4) is 0 Å². The van der Waals surface area contributed by atoms with Gasteiger partial charge in [-0.05, 0) is 37.1 Å². The molecule has 3 heterocycles. The molecule has 0 saturated heterocycles. The van der Waals surface area contributed by atoms with Gasteiger partial charge < -0.3 is 9.15 Å². The van der Waals surface area contributed by atoms with E-state index in [2.05, 4.69) is 9.88 Å². The second-order valence-electron chi connectivity index (χ2n) is 6.30. The Labute approximate surface area is 149 Å². The van der Waals surface area contributed by atoms with Crippen molar-refractivity contribution in [3.63, 3.8) is 0 Å². The second-order valence-corrected chi connectivity index (χ2v) is 6.71. The molecule has 4 rings (SSSR count). The Bertz CT molecular complexity index is 1010. The zero-order valence-electron chi connectivity index (χ0n) is 14.0. The number of hydrogen-bond donors (Lipinski definition) is 0. The Morgan fingerprint density at radius 2 is 2.16 bits per heavy atom. The molecule has 1 aromatic carbocycles. The third-order valence-electron chi connectivity index (χ3n) is 4.65. The van der Waals surface area contributed by atoms with Gasteiger partial charge in [0.1, 0.15) is 18.1 Å². The summed E-state index contributed by atoms with van der Waals surface area (Å²) in [5, 5.41) is 1.40. The smallest absolute Gasteiger partial charge is 0.339 e. The van der Waals surface area contributed by atoms with E-state index < -0.39 is 0 Å². The lowest BCUT2D eigenvalue weighted by Crippen LogP contribution is -2.32. The second kappa shape index (κ2) is 6.17. The molecule has 0 spiro atoms. The van der Waals surface area contributed by atoms with Crippen molar-refractivity contribution >= 4 is 22.6 Å². The van der Waals surface area contributed by atoms with E-state index in [1.807, 2.05) is 31.3 Å². The summed E-state index contributed by atoms with van der Waals surface area (Å²) < 4.78 is 11.5. The number of fused-ring (bicyclic) bond motifs is 3. The Hall–Kier alpha value is -2.37. The number of halogens is 1. The van der Waals surface area contributed by atoms with Crippen LogP contribution in [0.1, 0.15) is 22.3 Å². The van der Waals surface area contributed by atoms with Crippen LogP contribution in [0.2, 0.25) is 5.02 Å². The third kappa shape index (κ3) is 2.79. The molecule has 0 N–H and O–H groups in total. The molecule has 0 amide bonds. The molecular formula is C19H17ClN2O3. The van der Waals surface area contributed by atoms with E-state index in [1.54, 1.807) is 13.1 Å². The van der Waals surface area contributed by atoms with Gasteiger partial charge in [-0.1, -0.05) is 17.7 Å². The standard InChI is InChI=1S/C19H17ClN2O3/c1-11-12(2)19(23)25-17-14(11)6-16(20)18-15(17)9-22(10-24-18)8-13-4-3-5-21-7-13/h3-7H,8-10H2,1-2H3. The number of rotatable bonds is 2. The van der Waals surface area contributed by atoms with E-state index in [0.29, 0.717) is 41.7 Å². The normalized spacial score (nSPS) is 14.4. The first-order valence-corrected chi connectivity index (χ1v) is 8.42. The van der Waals surface area contributed by atoms with Crippen LogP contribution in [0.4, 0.5) is 0 Å². The van der Waals surface area contributed by atoms with Crippen LogP contribution < -0.4 is 10.4 Å². The highest BCUT2D eigenvalue weighted by atomic mass is 35.5. The van der Waals surface area contributed by atoms with Gasteiger partial charge in [-0.15, -0.1) is 0 Å². The number of nitrogens with zero attached hydrogens (tertiary/aromatic N) is 2. The fraction of sp³-hybridized carbons (Fsp3) is 0.263. The summed E-state index contributed by atoms with van der Waals surface area (Å²) in [4.78, 5) is 18.4. The van der Waals surface area contributed by atoms with E-state index in [-0.39, 0.29) is 5.63 Å². The minimum Gasteiger partial charge on any atom is -0.476 e. The van der Waals surface area contributed by atoms with Crippen molar-refractivity contribution in [2.45, 2.75) is 26.9 Å². The predicted molar refractivity (Wildman–Crippen MR) is 95.9 cm³/mol. The minimum atomic E-state index is -0.320. The summed E-state index contributed by atoms with van der Waals surface area (Å²) >= 11 is 6.42. The van der Waals surface area contributed by atoms with Crippen LogP contribution in [0.15, 0.2) is 39.8 Å². The van der Waals surface area contributed by atoms with Gasteiger partial charge in [0.15, 0.2) is 0 Å². The fourth-order valence-corrected chi connectivity index (χ4v) is 3.44. The molecule has 0 fully saturated rings. The van der Waals surface area contributed by atoms with Gasteiger partial charge in [-0.3, -0.25) is 9.88 Å². The summed E-state index contributed by atoms with van der Waals surface area (Å²) in [7, 11) is 0. The lowest BCUT2D eigenvalue weighted by atomic mass is 10.0. The summed E-state index contributed by atoms with van der Waals surface area (Å²) in [6.45, 7) is 5.37. The van der Waals surface area contributed by atoms with Crippen molar-refractivity contribution in [3.8, 4) is 5.75 Å². The topological polar surface area (TPSA) is 55.6 Å². The van der Waals surface area contributed by atoms with Crippen molar-refractivity contribution in [2.24, 2.45) is 0 Å². The maximum absolute atomic E-state index is 12.1. The largest absolute Gasteiger partial charge is 0.476 e. The molecule has 25 heavy (non-hydrogen) atoms. The molecule has 0 saturated carbocycles. The van der Waals surface area contributed by atoms with Gasteiger partial charge in [0, 0.05) is 36.4 Å². The zero-order valence-corrected chi connectivity index (χ0v) is 14.8. The Morgan fingerprint density at radius 3 is 2.92 bits per heavy atom. The highest BCUT2D eigenvalue weighted by Gasteiger charge is 2.25. The van der Waals surface area contributed by atoms with E-state index in [0.717, 1.165) is 22.1 Å². The first-order chi connectivity index (χ1) is 12.0. The minimum absolute atomic E-state index is 0.320. The van der Waals surface area contributed by atoms with E-state index in [1.165, 1.54) is 0 Å². The maximum atomic E-state index is 12.1. The van der Waals surface area contributed by atoms with Crippen LogP contribution in [0.25, 0.3) is 11.0 Å². The van der Waals surface area contributed by atoms with Crippen LogP contribution in [-0.2, 0) is 13.1 Å². The van der Waals surface area contributed by atoms with Crippen molar-refractivity contribution in [1.82, 2.24) is 9.88 Å². The molecule has 0 unspecified atom stereocenters. The van der Waals surface area contributed by atoms with Gasteiger partial charge in [-0.25, -0.2) is 4.79 Å². The molecule has 0 bridgehead atoms. The molecule has 0 radical (unpaired) electrons. The van der Waals surface area contributed by atoms with E-state index >= 15 is 0 Å². The van der Waals surface area contributed by atoms with Crippen molar-refractivity contribution in [2.75, 3.05) is 6.73 Å². The molecule has 3 aromatic rings. The molecule has 0 atom stereocenters. The van der Waals surface area contributed by atoms with E-state index in [9.17, 15) is 4.79 Å². The lowest BCUT2D eigenvalue weighted by molar-refractivity contribution is 0.0890. The van der Waals surface area contributed by atoms with Crippen molar-refractivity contribution < 1.29 is 9.15 Å². The molecule has 0 aliphatic carbocycles. The van der Waals surface area contributed by atoms with Gasteiger partial charge in [0.05, 0.1) is 10.6 Å². The molecular weight excluding hydrogens is 340 g/mol. The first-order valence-electron chi connectivity index (χ1n) is 8.04. The van der Waals surface area contributed by atoms with Gasteiger partial charge in [-0.2, -0.15) is 0 Å². The van der Waals surface area contributed by atoms with Crippen LogP contribution in [0, 0.1) is 13.8 Å². The zero-order chi connectivity index (χ0) is 17.6. The summed E-state index contributed by atoms with van der Waals surface area (Å²) in [5.41, 5.74) is 3.64. The number of ether oxygens (including phenoxy) is 1. The number of aromatic nitrogens is 1. The first kappa shape index (κ1) is 16.1. The van der Waals surface area contributed by atoms with Crippen molar-refractivity contribution in [1.29, 1.82) is 0 Å². The summed E-state index contributed by atoms with van der Waals surface area (Å²) in [6, 6.07) is 5.75. The quantitative estimate of drug-likeness (QED) is 0.653. The third-order valence-corrected chi connectivity index (χ3v) is 4.93. The Morgan fingerprint density at radius 1 is 1.32 bits per heavy atom. The average Bonchev–Trinajstić information content (AvgIpc) is 2.62. The summed E-state index contributed by atoms with van der Waals surface area (Å²) in [6.07, 6.45) is 3.58. The average molecular weight is 357 g/mol. The maximum Gasteiger partial charge on any atom is 0.339 e. The molecule has 1 aliphatic rings. The molecule has 6 heteroatoms. The highest BCUT2D eigenvalue weighted by Crippen LogP contribution is 2.39. The fourth-order valence-electron chi connectivity index (χ4n) is 3.16. The molecule has 128 valence electrons.